The van der Waals surface area contributed by atoms with Crippen molar-refractivity contribution in [2.24, 2.45) is 28.8 Å². The number of piperidine rings is 1. The number of rotatable bonds is 7. The van der Waals surface area contributed by atoms with E-state index in [-0.39, 0.29) is 17.7 Å². The standard InChI is InChI=1S/C20H26N4O2/c21-24-23-15-7-6-14(10-15)20(26,13-4-2-1-3-5-13)19(25)9-8-16-17-11-22-12-18(16)17/h1-5,14-18,22,26H,6-12H2/t14?,15?,16?,17-,18+,20-/m0/s1. The minimum Gasteiger partial charge on any atom is -0.377 e. The SMILES string of the molecule is [N-]=[N+]=NC1CCC([C@](O)(C(=O)CCC2[C@H]3CNC[C@@H]23)c2ccccc2)C1. The summed E-state index contributed by atoms with van der Waals surface area (Å²) < 4.78 is 0. The van der Waals surface area contributed by atoms with E-state index in [1.54, 1.807) is 0 Å². The minimum atomic E-state index is -1.47. The van der Waals surface area contributed by atoms with E-state index in [9.17, 15) is 9.90 Å². The highest BCUT2D eigenvalue weighted by atomic mass is 16.3. The van der Waals surface area contributed by atoms with Gasteiger partial charge >= 0.3 is 0 Å². The summed E-state index contributed by atoms with van der Waals surface area (Å²) in [6.45, 7) is 2.14. The lowest BCUT2D eigenvalue weighted by Crippen LogP contribution is -2.42. The van der Waals surface area contributed by atoms with Crippen LogP contribution in [0.5, 0.6) is 0 Å². The molecule has 0 radical (unpaired) electrons. The topological polar surface area (TPSA) is 98.1 Å². The molecule has 0 bridgehead atoms. The molecule has 0 amide bonds. The summed E-state index contributed by atoms with van der Waals surface area (Å²) in [7, 11) is 0. The van der Waals surface area contributed by atoms with Gasteiger partial charge in [0.15, 0.2) is 11.4 Å². The van der Waals surface area contributed by atoms with Crippen molar-refractivity contribution in [3.8, 4) is 0 Å². The highest BCUT2D eigenvalue weighted by molar-refractivity contribution is 5.88. The molecule has 3 aliphatic rings. The van der Waals surface area contributed by atoms with Gasteiger partial charge in [-0.05, 0) is 73.5 Å². The fourth-order valence-electron chi connectivity index (χ4n) is 5.29. The summed E-state index contributed by atoms with van der Waals surface area (Å²) in [6.07, 6.45) is 3.30. The van der Waals surface area contributed by atoms with Crippen LogP contribution in [0.25, 0.3) is 10.4 Å². The molecule has 6 heteroatoms. The molecule has 2 aliphatic carbocycles. The zero-order valence-corrected chi connectivity index (χ0v) is 14.9. The molecular formula is C20H26N4O2. The lowest BCUT2D eigenvalue weighted by molar-refractivity contribution is -0.145. The average molecular weight is 354 g/mol. The number of ketones is 1. The Kier molecular flexibility index (Phi) is 4.74. The minimum absolute atomic E-state index is 0.0757. The van der Waals surface area contributed by atoms with Gasteiger partial charge in [-0.3, -0.25) is 4.79 Å². The fourth-order valence-corrected chi connectivity index (χ4v) is 5.29. The number of azide groups is 1. The summed E-state index contributed by atoms with van der Waals surface area (Å²) in [5.74, 6) is 1.84. The van der Waals surface area contributed by atoms with Crippen LogP contribution in [-0.2, 0) is 10.4 Å². The molecule has 1 aromatic carbocycles. The van der Waals surface area contributed by atoms with E-state index in [1.807, 2.05) is 30.3 Å². The predicted octanol–water partition coefficient (Wildman–Crippen LogP) is 3.17. The number of aliphatic hydroxyl groups is 1. The Balaban J connectivity index is 1.50. The van der Waals surface area contributed by atoms with Crippen LogP contribution in [-0.4, -0.2) is 30.0 Å². The lowest BCUT2D eigenvalue weighted by Gasteiger charge is -2.33. The normalized spacial score (nSPS) is 34.6. The molecule has 6 nitrogen and oxygen atoms in total. The van der Waals surface area contributed by atoms with Gasteiger partial charge in [0, 0.05) is 17.4 Å². The van der Waals surface area contributed by atoms with Crippen molar-refractivity contribution in [1.82, 2.24) is 5.32 Å². The Morgan fingerprint density at radius 2 is 2.00 bits per heavy atom. The van der Waals surface area contributed by atoms with Gasteiger partial charge in [-0.15, -0.1) is 0 Å². The number of benzene rings is 1. The van der Waals surface area contributed by atoms with E-state index in [0.29, 0.717) is 30.7 Å². The summed E-state index contributed by atoms with van der Waals surface area (Å²) >= 11 is 0. The highest BCUT2D eigenvalue weighted by Gasteiger charge is 2.53. The van der Waals surface area contributed by atoms with E-state index in [1.165, 1.54) is 0 Å². The molecular weight excluding hydrogens is 328 g/mol. The van der Waals surface area contributed by atoms with Crippen LogP contribution in [0.4, 0.5) is 0 Å². The zero-order chi connectivity index (χ0) is 18.1. The number of nitrogens with one attached hydrogen (secondary N) is 1. The number of fused-ring (bicyclic) bond motifs is 1. The molecule has 26 heavy (non-hydrogen) atoms. The molecule has 3 fully saturated rings. The number of carbonyl (C=O) groups is 1. The van der Waals surface area contributed by atoms with Gasteiger partial charge in [0.05, 0.1) is 0 Å². The van der Waals surface area contributed by atoms with Crippen LogP contribution in [0.15, 0.2) is 35.4 Å². The molecule has 138 valence electrons. The molecule has 4 rings (SSSR count). The van der Waals surface area contributed by atoms with Gasteiger partial charge in [-0.2, -0.15) is 0 Å². The maximum atomic E-state index is 13.2. The van der Waals surface area contributed by atoms with Crippen LogP contribution < -0.4 is 5.32 Å². The van der Waals surface area contributed by atoms with Gasteiger partial charge in [0.2, 0.25) is 0 Å². The molecule has 2 saturated carbocycles. The molecule has 1 saturated heterocycles. The lowest BCUT2D eigenvalue weighted by atomic mass is 9.75. The van der Waals surface area contributed by atoms with Crippen molar-refractivity contribution >= 4 is 5.78 Å². The third kappa shape index (κ3) is 3.02. The molecule has 6 atom stereocenters. The number of hydrogen-bond donors (Lipinski definition) is 2. The number of Topliss-reactive ketones (excluding diaryl/α,β-unsaturated/α-hetero) is 1. The Hall–Kier alpha value is -1.88. The molecule has 1 aliphatic heterocycles. The average Bonchev–Trinajstić information content (AvgIpc) is 3.03. The second-order valence-corrected chi connectivity index (χ2v) is 8.11. The van der Waals surface area contributed by atoms with Gasteiger partial charge in [0.25, 0.3) is 0 Å². The Bertz CT molecular complexity index is 708. The largest absolute Gasteiger partial charge is 0.377 e. The maximum absolute atomic E-state index is 13.2. The van der Waals surface area contributed by atoms with E-state index in [0.717, 1.165) is 37.8 Å². The van der Waals surface area contributed by atoms with Crippen LogP contribution >= 0.6 is 0 Å². The highest BCUT2D eigenvalue weighted by Crippen LogP contribution is 2.52. The second-order valence-electron chi connectivity index (χ2n) is 8.11. The molecule has 0 aromatic heterocycles. The second kappa shape index (κ2) is 7.03. The Morgan fingerprint density at radius 1 is 1.27 bits per heavy atom. The van der Waals surface area contributed by atoms with Crippen molar-refractivity contribution < 1.29 is 9.90 Å². The van der Waals surface area contributed by atoms with E-state index < -0.39 is 5.60 Å². The van der Waals surface area contributed by atoms with Crippen molar-refractivity contribution in [3.63, 3.8) is 0 Å². The molecule has 2 N–H and O–H groups in total. The Morgan fingerprint density at radius 3 is 2.69 bits per heavy atom. The smallest absolute Gasteiger partial charge is 0.169 e. The first kappa shape index (κ1) is 17.5. The quantitative estimate of drug-likeness (QED) is 0.447. The maximum Gasteiger partial charge on any atom is 0.169 e. The van der Waals surface area contributed by atoms with Crippen LogP contribution in [0, 0.1) is 23.7 Å². The van der Waals surface area contributed by atoms with Crippen LogP contribution in [0.1, 0.15) is 37.7 Å². The van der Waals surface area contributed by atoms with E-state index >= 15 is 0 Å². The first-order valence-electron chi connectivity index (χ1n) is 9.70. The van der Waals surface area contributed by atoms with Crippen LogP contribution in [0.2, 0.25) is 0 Å². The summed E-state index contributed by atoms with van der Waals surface area (Å²) in [6, 6.07) is 9.18. The monoisotopic (exact) mass is 354 g/mol. The third-order valence-electron chi connectivity index (χ3n) is 6.82. The summed E-state index contributed by atoms with van der Waals surface area (Å²) in [5.41, 5.74) is 7.90. The van der Waals surface area contributed by atoms with Gasteiger partial charge < -0.3 is 10.4 Å². The molecule has 3 unspecified atom stereocenters. The van der Waals surface area contributed by atoms with Gasteiger partial charge in [-0.1, -0.05) is 35.4 Å². The first-order valence-corrected chi connectivity index (χ1v) is 9.70. The number of hydrogen-bond acceptors (Lipinski definition) is 4. The summed E-state index contributed by atoms with van der Waals surface area (Å²) in [5, 5.41) is 18.8. The zero-order valence-electron chi connectivity index (χ0n) is 14.9. The van der Waals surface area contributed by atoms with Gasteiger partial charge in [-0.25, -0.2) is 0 Å². The predicted molar refractivity (Wildman–Crippen MR) is 98.2 cm³/mol. The third-order valence-corrected chi connectivity index (χ3v) is 6.82. The fraction of sp³-hybridized carbons (Fsp3) is 0.650. The van der Waals surface area contributed by atoms with Crippen molar-refractivity contribution in [1.29, 1.82) is 0 Å². The number of carbonyl (C=O) groups excluding carboxylic acids is 1. The molecule has 0 spiro atoms. The summed E-state index contributed by atoms with van der Waals surface area (Å²) in [4.78, 5) is 16.1. The van der Waals surface area contributed by atoms with Gasteiger partial charge in [0.1, 0.15) is 0 Å². The molecule has 1 aromatic rings. The van der Waals surface area contributed by atoms with E-state index in [4.69, 9.17) is 5.53 Å². The Labute approximate surface area is 153 Å². The first-order chi connectivity index (χ1) is 12.6. The molecule has 1 heterocycles. The van der Waals surface area contributed by atoms with E-state index in [2.05, 4.69) is 15.3 Å². The van der Waals surface area contributed by atoms with Crippen LogP contribution in [0.3, 0.4) is 0 Å². The van der Waals surface area contributed by atoms with Crippen molar-refractivity contribution in [2.45, 2.75) is 43.7 Å². The van der Waals surface area contributed by atoms with Crippen molar-refractivity contribution in [2.75, 3.05) is 13.1 Å². The number of nitrogens with zero attached hydrogens (tertiary/aromatic N) is 3. The van der Waals surface area contributed by atoms with Crippen molar-refractivity contribution in [3.05, 3.63) is 46.3 Å².